The fourth-order valence-electron chi connectivity index (χ4n) is 1.51. The molecular weight excluding hydrogens is 308 g/mol. The summed E-state index contributed by atoms with van der Waals surface area (Å²) >= 11 is 7.46. The van der Waals surface area contributed by atoms with E-state index in [0.29, 0.717) is 28.0 Å². The number of carbonyl (C=O) groups is 1. The second-order valence-electron chi connectivity index (χ2n) is 4.17. The van der Waals surface area contributed by atoms with E-state index in [4.69, 9.17) is 16.9 Å². The molecule has 1 aromatic carbocycles. The molecule has 0 saturated heterocycles. The fraction of sp³-hybridized carbons (Fsp3) is 0.357. The lowest BCUT2D eigenvalue weighted by atomic mass is 10.2. The molecule has 0 aliphatic carbocycles. The van der Waals surface area contributed by atoms with Crippen molar-refractivity contribution < 1.29 is 4.79 Å². The number of rotatable bonds is 5. The van der Waals surface area contributed by atoms with Crippen LogP contribution in [-0.2, 0) is 4.79 Å². The first kappa shape index (κ1) is 17.3. The lowest BCUT2D eigenvalue weighted by Crippen LogP contribution is -2.12. The summed E-state index contributed by atoms with van der Waals surface area (Å²) in [5.41, 5.74) is 1.18. The van der Waals surface area contributed by atoms with Crippen LogP contribution in [0.3, 0.4) is 0 Å². The van der Waals surface area contributed by atoms with E-state index in [-0.39, 0.29) is 5.91 Å². The van der Waals surface area contributed by atoms with Gasteiger partial charge in [-0.25, -0.2) is 4.99 Å². The summed E-state index contributed by atoms with van der Waals surface area (Å²) in [6.07, 6.45) is 5.93. The van der Waals surface area contributed by atoms with Gasteiger partial charge >= 0.3 is 0 Å². The van der Waals surface area contributed by atoms with Crippen molar-refractivity contribution in [1.82, 2.24) is 5.32 Å². The molecule has 2 N–H and O–H groups in total. The molecule has 5 nitrogen and oxygen atoms in total. The Morgan fingerprint density at radius 1 is 1.52 bits per heavy atom. The largest absolute Gasteiger partial charge is 0.325 e. The third-order valence-corrected chi connectivity index (χ3v) is 3.46. The Labute approximate surface area is 133 Å². The van der Waals surface area contributed by atoms with Crippen LogP contribution in [0.2, 0.25) is 5.02 Å². The zero-order valence-electron chi connectivity index (χ0n) is 11.9. The van der Waals surface area contributed by atoms with Gasteiger partial charge in [-0.15, -0.1) is 0 Å². The number of carbonyl (C=O) groups excluding carboxylic acids is 1. The first-order chi connectivity index (χ1) is 10.1. The Morgan fingerprint density at radius 2 is 2.29 bits per heavy atom. The highest BCUT2D eigenvalue weighted by atomic mass is 35.5. The number of halogens is 1. The van der Waals surface area contributed by atoms with Gasteiger partial charge in [-0.3, -0.25) is 10.1 Å². The molecule has 1 rings (SSSR count). The van der Waals surface area contributed by atoms with Gasteiger partial charge in [0, 0.05) is 6.42 Å². The average molecular weight is 325 g/mol. The summed E-state index contributed by atoms with van der Waals surface area (Å²) in [5.74, 6) is -0.0500. The van der Waals surface area contributed by atoms with Crippen molar-refractivity contribution in [3.8, 4) is 6.19 Å². The van der Waals surface area contributed by atoms with Crippen LogP contribution in [0.25, 0.3) is 0 Å². The Morgan fingerprint density at radius 3 is 2.86 bits per heavy atom. The molecular formula is C14H17ClN4OS. The van der Waals surface area contributed by atoms with Crippen LogP contribution in [0.4, 0.5) is 11.4 Å². The van der Waals surface area contributed by atoms with Crippen molar-refractivity contribution in [2.75, 3.05) is 11.6 Å². The maximum atomic E-state index is 11.7. The fourth-order valence-corrected chi connectivity index (χ4v) is 2.08. The maximum absolute atomic E-state index is 11.7. The molecule has 0 saturated carbocycles. The van der Waals surface area contributed by atoms with Crippen molar-refractivity contribution >= 4 is 45.8 Å². The third kappa shape index (κ3) is 6.06. The van der Waals surface area contributed by atoms with Crippen molar-refractivity contribution in [3.05, 3.63) is 23.2 Å². The minimum absolute atomic E-state index is 0.0500. The topological polar surface area (TPSA) is 77.3 Å². The van der Waals surface area contributed by atoms with E-state index in [2.05, 4.69) is 15.6 Å². The highest BCUT2D eigenvalue weighted by molar-refractivity contribution is 8.13. The Balaban J connectivity index is 2.81. The molecule has 0 radical (unpaired) electrons. The van der Waals surface area contributed by atoms with Crippen molar-refractivity contribution in [1.29, 1.82) is 5.26 Å². The number of hydrogen-bond donors (Lipinski definition) is 2. The van der Waals surface area contributed by atoms with E-state index in [9.17, 15) is 4.79 Å². The van der Waals surface area contributed by atoms with Crippen LogP contribution in [-0.4, -0.2) is 17.3 Å². The van der Waals surface area contributed by atoms with E-state index >= 15 is 0 Å². The molecule has 0 heterocycles. The first-order valence-electron chi connectivity index (χ1n) is 6.47. The molecule has 7 heteroatoms. The molecule has 21 heavy (non-hydrogen) atoms. The predicted molar refractivity (Wildman–Crippen MR) is 89.0 cm³/mol. The Hall–Kier alpha value is -1.71. The lowest BCUT2D eigenvalue weighted by Gasteiger charge is -2.08. The number of nitrogens with one attached hydrogen (secondary N) is 2. The van der Waals surface area contributed by atoms with Crippen LogP contribution >= 0.6 is 23.4 Å². The van der Waals surface area contributed by atoms with E-state index in [1.807, 2.05) is 19.4 Å². The standard InChI is InChI=1S/C14H17ClN4OS/c1-3-4-5-13(20)19-12-7-6-10(8-11(12)15)18-14(21-2)17-9-16/h6-8H,3-5H2,1-2H3,(H,17,18)(H,19,20). The summed E-state index contributed by atoms with van der Waals surface area (Å²) < 4.78 is 0. The van der Waals surface area contributed by atoms with Crippen LogP contribution in [0.1, 0.15) is 26.2 Å². The van der Waals surface area contributed by atoms with Gasteiger partial charge in [-0.05, 0) is 30.9 Å². The molecule has 1 amide bonds. The van der Waals surface area contributed by atoms with E-state index in [0.717, 1.165) is 12.8 Å². The van der Waals surface area contributed by atoms with Gasteiger partial charge in [0.25, 0.3) is 0 Å². The summed E-state index contributed by atoms with van der Waals surface area (Å²) in [6.45, 7) is 2.03. The summed E-state index contributed by atoms with van der Waals surface area (Å²) in [4.78, 5) is 15.9. The highest BCUT2D eigenvalue weighted by Crippen LogP contribution is 2.27. The molecule has 0 atom stereocenters. The normalized spacial score (nSPS) is 10.9. The molecule has 0 unspecified atom stereocenters. The van der Waals surface area contributed by atoms with Crippen LogP contribution < -0.4 is 10.6 Å². The number of unbranched alkanes of at least 4 members (excludes halogenated alkanes) is 1. The van der Waals surface area contributed by atoms with Gasteiger partial charge < -0.3 is 5.32 Å². The lowest BCUT2D eigenvalue weighted by molar-refractivity contribution is -0.116. The van der Waals surface area contributed by atoms with Gasteiger partial charge in [0.15, 0.2) is 11.4 Å². The average Bonchev–Trinajstić information content (AvgIpc) is 2.47. The number of anilines is 1. The molecule has 1 aromatic rings. The highest BCUT2D eigenvalue weighted by Gasteiger charge is 2.06. The summed E-state index contributed by atoms with van der Waals surface area (Å²) in [7, 11) is 0. The molecule has 112 valence electrons. The summed E-state index contributed by atoms with van der Waals surface area (Å²) in [6, 6.07) is 5.08. The maximum Gasteiger partial charge on any atom is 0.224 e. The minimum atomic E-state index is -0.0500. The van der Waals surface area contributed by atoms with Gasteiger partial charge in [0.05, 0.1) is 16.4 Å². The number of aliphatic imine (C=N–C) groups is 1. The number of amides is 1. The third-order valence-electron chi connectivity index (χ3n) is 2.57. The van der Waals surface area contributed by atoms with E-state index in [1.165, 1.54) is 11.8 Å². The SMILES string of the molecule is CCCCC(=O)Nc1ccc(N=C(NC#N)SC)cc1Cl. The molecule has 0 aliphatic rings. The van der Waals surface area contributed by atoms with Gasteiger partial charge in [-0.1, -0.05) is 36.7 Å². The number of thioether (sulfide) groups is 1. The number of nitriles is 1. The Bertz CT molecular complexity index is 569. The smallest absolute Gasteiger partial charge is 0.224 e. The molecule has 0 spiro atoms. The number of hydrogen-bond acceptors (Lipinski definition) is 4. The zero-order valence-corrected chi connectivity index (χ0v) is 13.5. The first-order valence-corrected chi connectivity index (χ1v) is 8.08. The van der Waals surface area contributed by atoms with Crippen LogP contribution in [0, 0.1) is 11.5 Å². The zero-order chi connectivity index (χ0) is 15.7. The van der Waals surface area contributed by atoms with Crippen LogP contribution in [0.5, 0.6) is 0 Å². The molecule has 0 aliphatic heterocycles. The van der Waals surface area contributed by atoms with Gasteiger partial charge in [0.2, 0.25) is 5.91 Å². The van der Waals surface area contributed by atoms with Crippen molar-refractivity contribution in [3.63, 3.8) is 0 Å². The van der Waals surface area contributed by atoms with Gasteiger partial charge in [0.1, 0.15) is 0 Å². The second-order valence-corrected chi connectivity index (χ2v) is 5.38. The van der Waals surface area contributed by atoms with Crippen molar-refractivity contribution in [2.45, 2.75) is 26.2 Å². The molecule has 0 aromatic heterocycles. The number of nitrogens with zero attached hydrogens (tertiary/aromatic N) is 2. The minimum Gasteiger partial charge on any atom is -0.325 e. The van der Waals surface area contributed by atoms with E-state index in [1.54, 1.807) is 18.2 Å². The van der Waals surface area contributed by atoms with Crippen LogP contribution in [0.15, 0.2) is 23.2 Å². The quantitative estimate of drug-likeness (QED) is 0.373. The van der Waals surface area contributed by atoms with E-state index < -0.39 is 0 Å². The second kappa shape index (κ2) is 9.27. The Kier molecular flexibility index (Phi) is 7.65. The molecule has 0 fully saturated rings. The van der Waals surface area contributed by atoms with Crippen molar-refractivity contribution in [2.24, 2.45) is 4.99 Å². The number of amidine groups is 1. The van der Waals surface area contributed by atoms with Gasteiger partial charge in [-0.2, -0.15) is 5.26 Å². The predicted octanol–water partition coefficient (Wildman–Crippen LogP) is 3.89. The number of benzene rings is 1. The summed E-state index contributed by atoms with van der Waals surface area (Å²) in [5, 5.41) is 14.7. The molecule has 0 bridgehead atoms. The monoisotopic (exact) mass is 324 g/mol.